The van der Waals surface area contributed by atoms with Crippen molar-refractivity contribution < 1.29 is 9.63 Å². The minimum absolute atomic E-state index is 0.358. The average molecular weight is 214 g/mol. The van der Waals surface area contributed by atoms with Crippen LogP contribution in [-0.2, 0) is 4.84 Å². The monoisotopic (exact) mass is 213 g/mol. The Bertz CT molecular complexity index is 313. The van der Waals surface area contributed by atoms with Gasteiger partial charge in [0.15, 0.2) is 0 Å². The van der Waals surface area contributed by atoms with Crippen molar-refractivity contribution in [2.45, 2.75) is 0 Å². The number of hydrogen-bond donors (Lipinski definition) is 1. The standard InChI is InChI=1S/C9H10ClN2O2/c1-12(14-2)9(13)11-8-5-3-7(10)4-6-8/h3,5-6H,1-2H3,(H,11,13). The molecule has 2 amide bonds. The van der Waals surface area contributed by atoms with E-state index < -0.39 is 0 Å². The first kappa shape index (κ1) is 10.8. The summed E-state index contributed by atoms with van der Waals surface area (Å²) < 4.78 is 0. The van der Waals surface area contributed by atoms with Gasteiger partial charge >= 0.3 is 6.03 Å². The van der Waals surface area contributed by atoms with Crippen molar-refractivity contribution in [2.24, 2.45) is 0 Å². The molecule has 0 aliphatic carbocycles. The van der Waals surface area contributed by atoms with Crippen LogP contribution in [-0.4, -0.2) is 25.3 Å². The molecule has 0 saturated heterocycles. The van der Waals surface area contributed by atoms with Crippen LogP contribution in [0.25, 0.3) is 0 Å². The SMILES string of the molecule is CON(C)C(=O)Nc1c[c]c(Cl)cc1. The molecule has 0 aromatic heterocycles. The number of hydrogen-bond acceptors (Lipinski definition) is 2. The van der Waals surface area contributed by atoms with Crippen molar-refractivity contribution in [1.29, 1.82) is 0 Å². The Morgan fingerprint density at radius 1 is 1.64 bits per heavy atom. The van der Waals surface area contributed by atoms with E-state index in [0.29, 0.717) is 10.7 Å². The second kappa shape index (κ2) is 4.83. The minimum Gasteiger partial charge on any atom is -0.306 e. The highest BCUT2D eigenvalue weighted by Crippen LogP contribution is 2.12. The minimum atomic E-state index is -0.358. The van der Waals surface area contributed by atoms with Gasteiger partial charge in [0.05, 0.1) is 7.11 Å². The highest BCUT2D eigenvalue weighted by molar-refractivity contribution is 6.30. The van der Waals surface area contributed by atoms with Crippen molar-refractivity contribution in [2.75, 3.05) is 19.5 Å². The van der Waals surface area contributed by atoms with Gasteiger partial charge in [-0.1, -0.05) is 11.6 Å². The second-order valence-corrected chi connectivity index (χ2v) is 2.94. The predicted molar refractivity (Wildman–Crippen MR) is 54.1 cm³/mol. The molecule has 0 spiro atoms. The third kappa shape index (κ3) is 2.90. The van der Waals surface area contributed by atoms with Gasteiger partial charge in [0, 0.05) is 23.8 Å². The highest BCUT2D eigenvalue weighted by Gasteiger charge is 2.06. The van der Waals surface area contributed by atoms with Gasteiger partial charge in [0.25, 0.3) is 0 Å². The average Bonchev–Trinajstić information content (AvgIpc) is 2.20. The lowest BCUT2D eigenvalue weighted by Gasteiger charge is -2.14. The third-order valence-electron chi connectivity index (χ3n) is 1.59. The number of carbonyl (C=O) groups is 1. The zero-order valence-corrected chi connectivity index (χ0v) is 8.63. The summed E-state index contributed by atoms with van der Waals surface area (Å²) >= 11 is 5.63. The molecule has 0 heterocycles. The van der Waals surface area contributed by atoms with Gasteiger partial charge in [-0.05, 0) is 18.2 Å². The van der Waals surface area contributed by atoms with Crippen LogP contribution < -0.4 is 5.32 Å². The summed E-state index contributed by atoms with van der Waals surface area (Å²) in [5, 5.41) is 4.17. The summed E-state index contributed by atoms with van der Waals surface area (Å²) in [6.45, 7) is 0. The van der Waals surface area contributed by atoms with Gasteiger partial charge in [-0.2, -0.15) is 0 Å². The van der Waals surface area contributed by atoms with E-state index in [9.17, 15) is 4.79 Å². The Hall–Kier alpha value is -1.26. The lowest BCUT2D eigenvalue weighted by atomic mass is 10.3. The molecule has 1 aromatic rings. The molecule has 1 rings (SSSR count). The first-order valence-electron chi connectivity index (χ1n) is 3.89. The van der Waals surface area contributed by atoms with Crippen molar-refractivity contribution in [1.82, 2.24) is 5.06 Å². The van der Waals surface area contributed by atoms with Crippen molar-refractivity contribution in [3.8, 4) is 0 Å². The number of rotatable bonds is 2. The van der Waals surface area contributed by atoms with Gasteiger partial charge in [-0.15, -0.1) is 0 Å². The number of benzene rings is 1. The highest BCUT2D eigenvalue weighted by atomic mass is 35.5. The molecule has 0 unspecified atom stereocenters. The molecule has 14 heavy (non-hydrogen) atoms. The largest absolute Gasteiger partial charge is 0.345 e. The fourth-order valence-corrected chi connectivity index (χ4v) is 0.886. The maximum absolute atomic E-state index is 11.3. The topological polar surface area (TPSA) is 41.6 Å². The Morgan fingerprint density at radius 3 is 2.86 bits per heavy atom. The molecule has 0 aliphatic heterocycles. The van der Waals surface area contributed by atoms with E-state index in [0.717, 1.165) is 5.06 Å². The maximum Gasteiger partial charge on any atom is 0.345 e. The van der Waals surface area contributed by atoms with Crippen LogP contribution in [0.1, 0.15) is 0 Å². The summed E-state index contributed by atoms with van der Waals surface area (Å²) in [5.74, 6) is 0. The molecular weight excluding hydrogens is 204 g/mol. The van der Waals surface area contributed by atoms with Crippen LogP contribution in [0.3, 0.4) is 0 Å². The molecule has 4 nitrogen and oxygen atoms in total. The zero-order chi connectivity index (χ0) is 10.6. The second-order valence-electron chi connectivity index (χ2n) is 2.54. The maximum atomic E-state index is 11.3. The van der Waals surface area contributed by atoms with Gasteiger partial charge in [-0.3, -0.25) is 4.84 Å². The third-order valence-corrected chi connectivity index (χ3v) is 1.82. The number of amides is 2. The summed E-state index contributed by atoms with van der Waals surface area (Å²) in [5.41, 5.74) is 0.614. The number of nitrogens with zero attached hydrogens (tertiary/aromatic N) is 1. The van der Waals surface area contributed by atoms with Gasteiger partial charge in [0.2, 0.25) is 0 Å². The van der Waals surface area contributed by atoms with Crippen LogP contribution in [0.2, 0.25) is 5.02 Å². The smallest absolute Gasteiger partial charge is 0.306 e. The number of halogens is 1. The van der Waals surface area contributed by atoms with Crippen LogP contribution in [0.15, 0.2) is 18.2 Å². The molecule has 0 atom stereocenters. The van der Waals surface area contributed by atoms with Gasteiger partial charge < -0.3 is 5.32 Å². The fourth-order valence-electron chi connectivity index (χ4n) is 0.769. The van der Waals surface area contributed by atoms with E-state index in [2.05, 4.69) is 11.4 Å². The Morgan fingerprint density at radius 2 is 2.36 bits per heavy atom. The summed E-state index contributed by atoms with van der Waals surface area (Å²) in [6.07, 6.45) is 0. The molecule has 5 heteroatoms. The van der Waals surface area contributed by atoms with Crippen molar-refractivity contribution in [3.63, 3.8) is 0 Å². The molecule has 1 radical (unpaired) electrons. The van der Waals surface area contributed by atoms with Crippen LogP contribution in [0.5, 0.6) is 0 Å². The van der Waals surface area contributed by atoms with E-state index in [1.54, 1.807) is 18.2 Å². The Labute approximate surface area is 87.4 Å². The lowest BCUT2D eigenvalue weighted by molar-refractivity contribution is -0.0598. The number of carbonyl (C=O) groups excluding carboxylic acids is 1. The van der Waals surface area contributed by atoms with E-state index in [-0.39, 0.29) is 6.03 Å². The molecule has 1 aromatic carbocycles. The molecular formula is C9H10ClN2O2. The lowest BCUT2D eigenvalue weighted by Crippen LogP contribution is -2.30. The van der Waals surface area contributed by atoms with E-state index in [1.807, 2.05) is 0 Å². The molecule has 0 aliphatic rings. The Balaban J connectivity index is 2.60. The molecule has 75 valence electrons. The van der Waals surface area contributed by atoms with E-state index >= 15 is 0 Å². The first-order valence-corrected chi connectivity index (χ1v) is 4.27. The molecule has 0 bridgehead atoms. The molecule has 0 fully saturated rings. The zero-order valence-electron chi connectivity index (χ0n) is 7.87. The van der Waals surface area contributed by atoms with Gasteiger partial charge in [0.1, 0.15) is 0 Å². The number of urea groups is 1. The number of anilines is 1. The quantitative estimate of drug-likeness (QED) is 0.765. The Kier molecular flexibility index (Phi) is 3.73. The normalized spacial score (nSPS) is 9.64. The van der Waals surface area contributed by atoms with Crippen LogP contribution in [0.4, 0.5) is 10.5 Å². The predicted octanol–water partition coefficient (Wildman–Crippen LogP) is 2.17. The van der Waals surface area contributed by atoms with E-state index in [4.69, 9.17) is 16.4 Å². The van der Waals surface area contributed by atoms with Gasteiger partial charge in [-0.25, -0.2) is 9.86 Å². The van der Waals surface area contributed by atoms with E-state index in [1.165, 1.54) is 14.2 Å². The van der Waals surface area contributed by atoms with Crippen molar-refractivity contribution >= 4 is 23.3 Å². The summed E-state index contributed by atoms with van der Waals surface area (Å²) in [4.78, 5) is 16.0. The number of nitrogens with one attached hydrogen (secondary N) is 1. The van der Waals surface area contributed by atoms with Crippen LogP contribution >= 0.6 is 11.6 Å². The van der Waals surface area contributed by atoms with Crippen molar-refractivity contribution in [3.05, 3.63) is 29.3 Å². The first-order chi connectivity index (χ1) is 6.63. The van der Waals surface area contributed by atoms with Crippen LogP contribution in [0, 0.1) is 6.07 Å². The summed E-state index contributed by atoms with van der Waals surface area (Å²) in [7, 11) is 2.92. The molecule has 1 N–H and O–H groups in total. The molecule has 0 saturated carbocycles. The fraction of sp³-hybridized carbons (Fsp3) is 0.222. The number of hydroxylamine groups is 2. The summed E-state index contributed by atoms with van der Waals surface area (Å²) in [6, 6.07) is 7.31.